The van der Waals surface area contributed by atoms with Gasteiger partial charge >= 0.3 is 0 Å². The number of aromatic nitrogens is 1. The van der Waals surface area contributed by atoms with Crippen molar-refractivity contribution in [2.75, 3.05) is 5.73 Å². The van der Waals surface area contributed by atoms with Gasteiger partial charge in [-0.25, -0.2) is 22.5 Å². The van der Waals surface area contributed by atoms with Crippen LogP contribution in [0.3, 0.4) is 0 Å². The van der Waals surface area contributed by atoms with Gasteiger partial charge in [-0.3, -0.25) is 0 Å². The van der Waals surface area contributed by atoms with Crippen LogP contribution < -0.4 is 10.5 Å². The van der Waals surface area contributed by atoms with Crippen molar-refractivity contribution >= 4 is 27.0 Å². The highest BCUT2D eigenvalue weighted by Crippen LogP contribution is 2.22. The molecule has 1 aromatic carbocycles. The first-order chi connectivity index (χ1) is 9.29. The Balaban J connectivity index is 2.27. The van der Waals surface area contributed by atoms with Crippen LogP contribution in [-0.2, 0) is 16.6 Å². The topological polar surface area (TPSA) is 85.1 Å². The SMILES string of the molecule is Cc1csc(CNS(=O)(=O)c2cc(N)cc(F)c2C)n1. The molecule has 3 N–H and O–H groups in total. The van der Waals surface area contributed by atoms with E-state index in [0.29, 0.717) is 5.01 Å². The minimum Gasteiger partial charge on any atom is -0.399 e. The number of rotatable bonds is 4. The van der Waals surface area contributed by atoms with Crippen molar-refractivity contribution in [1.29, 1.82) is 0 Å². The summed E-state index contributed by atoms with van der Waals surface area (Å²) in [5.74, 6) is -0.643. The van der Waals surface area contributed by atoms with Gasteiger partial charge in [0.2, 0.25) is 10.0 Å². The first-order valence-corrected chi connectivity index (χ1v) is 8.12. The number of halogens is 1. The largest absolute Gasteiger partial charge is 0.399 e. The van der Waals surface area contributed by atoms with Crippen LogP contribution in [0.4, 0.5) is 10.1 Å². The maximum atomic E-state index is 13.6. The van der Waals surface area contributed by atoms with Crippen molar-refractivity contribution in [3.05, 3.63) is 39.6 Å². The van der Waals surface area contributed by atoms with Crippen molar-refractivity contribution < 1.29 is 12.8 Å². The fraction of sp³-hybridized carbons (Fsp3) is 0.250. The lowest BCUT2D eigenvalue weighted by Crippen LogP contribution is -2.24. The van der Waals surface area contributed by atoms with Crippen molar-refractivity contribution in [2.45, 2.75) is 25.3 Å². The van der Waals surface area contributed by atoms with Gasteiger partial charge in [-0.2, -0.15) is 0 Å². The summed E-state index contributed by atoms with van der Waals surface area (Å²) in [5.41, 5.74) is 6.43. The molecule has 0 atom stereocenters. The lowest BCUT2D eigenvalue weighted by atomic mass is 10.2. The Morgan fingerprint density at radius 1 is 1.40 bits per heavy atom. The summed E-state index contributed by atoms with van der Waals surface area (Å²) < 4.78 is 40.3. The molecule has 2 aromatic rings. The van der Waals surface area contributed by atoms with Crippen LogP contribution in [-0.4, -0.2) is 13.4 Å². The molecule has 0 radical (unpaired) electrons. The van der Waals surface area contributed by atoms with Crippen LogP contribution in [0.25, 0.3) is 0 Å². The molecule has 2 rings (SSSR count). The highest BCUT2D eigenvalue weighted by atomic mass is 32.2. The number of hydrogen-bond donors (Lipinski definition) is 2. The highest BCUT2D eigenvalue weighted by molar-refractivity contribution is 7.89. The molecule has 5 nitrogen and oxygen atoms in total. The number of nitrogens with one attached hydrogen (secondary N) is 1. The molecule has 0 saturated carbocycles. The second-order valence-corrected chi connectivity index (χ2v) is 7.01. The van der Waals surface area contributed by atoms with E-state index in [1.165, 1.54) is 24.3 Å². The Labute approximate surface area is 120 Å². The summed E-state index contributed by atoms with van der Waals surface area (Å²) in [6.45, 7) is 3.29. The van der Waals surface area contributed by atoms with Gasteiger partial charge in [0.25, 0.3) is 0 Å². The van der Waals surface area contributed by atoms with Crippen LogP contribution in [0.5, 0.6) is 0 Å². The van der Waals surface area contributed by atoms with Gasteiger partial charge < -0.3 is 5.73 Å². The molecular weight excluding hydrogens is 301 g/mol. The Kier molecular flexibility index (Phi) is 4.07. The van der Waals surface area contributed by atoms with Gasteiger partial charge in [0.15, 0.2) is 0 Å². The standard InChI is InChI=1S/C12H14FN3O2S2/c1-7-6-19-12(16-7)5-15-20(17,18)11-4-9(14)3-10(13)8(11)2/h3-4,6,15H,5,14H2,1-2H3. The zero-order valence-electron chi connectivity index (χ0n) is 11.0. The van der Waals surface area contributed by atoms with Crippen LogP contribution in [0.1, 0.15) is 16.3 Å². The third-order valence-corrected chi connectivity index (χ3v) is 5.18. The van der Waals surface area contributed by atoms with E-state index in [9.17, 15) is 12.8 Å². The van der Waals surface area contributed by atoms with Crippen LogP contribution in [0.15, 0.2) is 22.4 Å². The summed E-state index contributed by atoms with van der Waals surface area (Å²) >= 11 is 1.36. The normalized spacial score (nSPS) is 11.8. The minimum atomic E-state index is -3.83. The first-order valence-electron chi connectivity index (χ1n) is 5.76. The zero-order chi connectivity index (χ0) is 14.9. The lowest BCUT2D eigenvalue weighted by molar-refractivity contribution is 0.574. The molecule has 0 bridgehead atoms. The number of nitrogens with two attached hydrogens (primary N) is 1. The maximum absolute atomic E-state index is 13.6. The van der Waals surface area contributed by atoms with E-state index in [1.807, 2.05) is 12.3 Å². The van der Waals surface area contributed by atoms with Gasteiger partial charge in [0, 0.05) is 22.3 Å². The maximum Gasteiger partial charge on any atom is 0.241 e. The van der Waals surface area contributed by atoms with Crippen LogP contribution >= 0.6 is 11.3 Å². The molecule has 108 valence electrons. The number of thiazole rings is 1. The van der Waals surface area contributed by atoms with E-state index in [2.05, 4.69) is 9.71 Å². The summed E-state index contributed by atoms with van der Waals surface area (Å²) in [6.07, 6.45) is 0. The van der Waals surface area contributed by atoms with E-state index < -0.39 is 15.8 Å². The van der Waals surface area contributed by atoms with E-state index in [0.717, 1.165) is 11.8 Å². The number of sulfonamides is 1. The fourth-order valence-corrected chi connectivity index (χ4v) is 3.75. The van der Waals surface area contributed by atoms with Gasteiger partial charge in [0.1, 0.15) is 10.8 Å². The van der Waals surface area contributed by atoms with Gasteiger partial charge in [-0.1, -0.05) is 0 Å². The number of benzene rings is 1. The second-order valence-electron chi connectivity index (χ2n) is 4.33. The molecule has 8 heteroatoms. The van der Waals surface area contributed by atoms with E-state index in [-0.39, 0.29) is 22.7 Å². The molecule has 0 fully saturated rings. The molecule has 0 spiro atoms. The molecule has 1 aromatic heterocycles. The van der Waals surface area contributed by atoms with Gasteiger partial charge in [-0.05, 0) is 26.0 Å². The lowest BCUT2D eigenvalue weighted by Gasteiger charge is -2.10. The third-order valence-electron chi connectivity index (χ3n) is 2.69. The quantitative estimate of drug-likeness (QED) is 0.845. The first kappa shape index (κ1) is 14.9. The molecular formula is C12H14FN3O2S2. The Hall–Kier alpha value is -1.51. The summed E-state index contributed by atoms with van der Waals surface area (Å²) in [6, 6.07) is 2.34. The molecule has 20 heavy (non-hydrogen) atoms. The number of nitrogens with zero attached hydrogens (tertiary/aromatic N) is 1. The predicted octanol–water partition coefficient (Wildman–Crippen LogP) is 1.96. The highest BCUT2D eigenvalue weighted by Gasteiger charge is 2.20. The molecule has 0 aliphatic rings. The van der Waals surface area contributed by atoms with Crippen molar-refractivity contribution in [3.8, 4) is 0 Å². The molecule has 1 heterocycles. The van der Waals surface area contributed by atoms with E-state index in [4.69, 9.17) is 5.73 Å². The number of hydrogen-bond acceptors (Lipinski definition) is 5. The molecule has 0 amide bonds. The zero-order valence-corrected chi connectivity index (χ0v) is 12.6. The Bertz CT molecular complexity index is 741. The number of aryl methyl sites for hydroxylation is 1. The Morgan fingerprint density at radius 3 is 2.70 bits per heavy atom. The van der Waals surface area contributed by atoms with Gasteiger partial charge in [0.05, 0.1) is 11.4 Å². The Morgan fingerprint density at radius 2 is 2.10 bits per heavy atom. The smallest absolute Gasteiger partial charge is 0.241 e. The van der Waals surface area contributed by atoms with Crippen LogP contribution in [0.2, 0.25) is 0 Å². The predicted molar refractivity (Wildman–Crippen MR) is 76.4 cm³/mol. The third kappa shape index (κ3) is 3.14. The van der Waals surface area contributed by atoms with E-state index in [1.54, 1.807) is 0 Å². The molecule has 0 aliphatic heterocycles. The van der Waals surface area contributed by atoms with Crippen molar-refractivity contribution in [2.24, 2.45) is 0 Å². The van der Waals surface area contributed by atoms with Gasteiger partial charge in [-0.15, -0.1) is 11.3 Å². The summed E-state index contributed by atoms with van der Waals surface area (Å²) in [7, 11) is -3.83. The van der Waals surface area contributed by atoms with E-state index >= 15 is 0 Å². The molecule has 0 saturated heterocycles. The number of anilines is 1. The summed E-state index contributed by atoms with van der Waals surface area (Å²) in [5, 5.41) is 2.47. The minimum absolute atomic E-state index is 0.0435. The average molecular weight is 315 g/mol. The average Bonchev–Trinajstić information content (AvgIpc) is 2.77. The van der Waals surface area contributed by atoms with Crippen molar-refractivity contribution in [3.63, 3.8) is 0 Å². The molecule has 0 unspecified atom stereocenters. The summed E-state index contributed by atoms with van der Waals surface area (Å²) in [4.78, 5) is 4.01. The fourth-order valence-electron chi connectivity index (χ4n) is 1.67. The van der Waals surface area contributed by atoms with Crippen LogP contribution in [0, 0.1) is 19.7 Å². The number of nitrogen functional groups attached to an aromatic ring is 1. The second kappa shape index (κ2) is 5.47. The molecule has 0 aliphatic carbocycles. The monoisotopic (exact) mass is 315 g/mol. The van der Waals surface area contributed by atoms with Crippen molar-refractivity contribution in [1.82, 2.24) is 9.71 Å².